The van der Waals surface area contributed by atoms with Crippen LogP contribution < -0.4 is 20.3 Å². The van der Waals surface area contributed by atoms with Crippen LogP contribution in [-0.4, -0.2) is 40.7 Å². The molecule has 2 heterocycles. The average molecular weight is 659 g/mol. The first-order valence-corrected chi connectivity index (χ1v) is 13.9. The molecular formula is C29H26BrCl2N5O4. The Morgan fingerprint density at radius 2 is 1.85 bits per heavy atom. The third-order valence-corrected chi connectivity index (χ3v) is 7.79. The van der Waals surface area contributed by atoms with E-state index in [-0.39, 0.29) is 30.0 Å². The molecular weight excluding hydrogens is 633 g/mol. The van der Waals surface area contributed by atoms with Crippen molar-refractivity contribution in [2.45, 2.75) is 20.5 Å². The SMILES string of the molecule is CC(=O)Nc1ccc(C=CC(=O)NCC(=O)N(C)c2ccc(Cl)c(COc3cccn4c(Br)c(C)nc34)c2Cl)cc1. The summed E-state index contributed by atoms with van der Waals surface area (Å²) in [4.78, 5) is 42.2. The van der Waals surface area contributed by atoms with Gasteiger partial charge in [0.1, 0.15) is 11.2 Å². The van der Waals surface area contributed by atoms with Gasteiger partial charge in [0.05, 0.1) is 22.9 Å². The molecule has 0 atom stereocenters. The maximum absolute atomic E-state index is 12.9. The zero-order valence-corrected chi connectivity index (χ0v) is 25.5. The molecule has 3 amide bonds. The zero-order valence-electron chi connectivity index (χ0n) is 22.4. The van der Waals surface area contributed by atoms with Gasteiger partial charge in [0, 0.05) is 42.5 Å². The van der Waals surface area contributed by atoms with Crippen molar-refractivity contribution < 1.29 is 19.1 Å². The Hall–Kier alpha value is -3.86. The van der Waals surface area contributed by atoms with Gasteiger partial charge in [-0.1, -0.05) is 35.3 Å². The first-order valence-electron chi connectivity index (χ1n) is 12.4. The van der Waals surface area contributed by atoms with Crippen LogP contribution in [0.2, 0.25) is 10.0 Å². The van der Waals surface area contributed by atoms with Crippen LogP contribution in [0.25, 0.3) is 11.7 Å². The molecule has 4 rings (SSSR count). The molecule has 0 bridgehead atoms. The predicted octanol–water partition coefficient (Wildman–Crippen LogP) is 6.04. The van der Waals surface area contributed by atoms with E-state index in [1.807, 2.05) is 23.6 Å². The van der Waals surface area contributed by atoms with E-state index in [2.05, 4.69) is 31.5 Å². The number of anilines is 2. The van der Waals surface area contributed by atoms with Crippen LogP contribution in [0.1, 0.15) is 23.7 Å². The van der Waals surface area contributed by atoms with Crippen molar-refractivity contribution in [1.29, 1.82) is 0 Å². The number of fused-ring (bicyclic) bond motifs is 1. The van der Waals surface area contributed by atoms with E-state index in [1.165, 1.54) is 17.9 Å². The Labute approximate surface area is 255 Å². The Morgan fingerprint density at radius 3 is 2.56 bits per heavy atom. The van der Waals surface area contributed by atoms with Gasteiger partial charge >= 0.3 is 0 Å². The van der Waals surface area contributed by atoms with Crippen LogP contribution in [0.4, 0.5) is 11.4 Å². The minimum Gasteiger partial charge on any atom is -0.485 e. The van der Waals surface area contributed by atoms with Crippen LogP contribution in [0.5, 0.6) is 5.75 Å². The van der Waals surface area contributed by atoms with Crippen LogP contribution in [0.15, 0.2) is 65.4 Å². The summed E-state index contributed by atoms with van der Waals surface area (Å²) in [6.45, 7) is 3.11. The maximum Gasteiger partial charge on any atom is 0.246 e. The number of pyridine rings is 1. The van der Waals surface area contributed by atoms with Crippen molar-refractivity contribution in [2.24, 2.45) is 0 Å². The molecule has 4 aromatic rings. The third-order valence-electron chi connectivity index (χ3n) is 6.06. The first-order chi connectivity index (χ1) is 19.5. The molecule has 0 fully saturated rings. The van der Waals surface area contributed by atoms with Gasteiger partial charge < -0.3 is 20.3 Å². The lowest BCUT2D eigenvalue weighted by molar-refractivity contribution is -0.122. The van der Waals surface area contributed by atoms with Crippen molar-refractivity contribution in [2.75, 3.05) is 23.8 Å². The number of hydrogen-bond donors (Lipinski definition) is 2. The zero-order chi connectivity index (χ0) is 29.7. The summed E-state index contributed by atoms with van der Waals surface area (Å²) in [6.07, 6.45) is 4.80. The Morgan fingerprint density at radius 1 is 1.12 bits per heavy atom. The molecule has 0 radical (unpaired) electrons. The van der Waals surface area contributed by atoms with Gasteiger partial charge in [-0.2, -0.15) is 0 Å². The van der Waals surface area contributed by atoms with E-state index in [4.69, 9.17) is 27.9 Å². The highest BCUT2D eigenvalue weighted by molar-refractivity contribution is 9.10. The lowest BCUT2D eigenvalue weighted by Gasteiger charge is -2.21. The summed E-state index contributed by atoms with van der Waals surface area (Å²) >= 11 is 16.6. The van der Waals surface area contributed by atoms with Gasteiger partial charge in [0.15, 0.2) is 11.4 Å². The molecule has 41 heavy (non-hydrogen) atoms. The minimum absolute atomic E-state index is 0.0457. The number of carbonyl (C=O) groups excluding carboxylic acids is 3. The van der Waals surface area contributed by atoms with Gasteiger partial charge in [0.25, 0.3) is 0 Å². The number of likely N-dealkylation sites (N-methyl/N-ethyl adjacent to an activating group) is 1. The topological polar surface area (TPSA) is 105 Å². The Bertz CT molecular complexity index is 1650. The van der Waals surface area contributed by atoms with Crippen molar-refractivity contribution in [3.63, 3.8) is 0 Å². The summed E-state index contributed by atoms with van der Waals surface area (Å²) in [6, 6.07) is 13.9. The maximum atomic E-state index is 12.9. The van der Waals surface area contributed by atoms with E-state index in [0.717, 1.165) is 15.9 Å². The number of aromatic nitrogens is 2. The first kappa shape index (κ1) is 30.1. The highest BCUT2D eigenvalue weighted by Crippen LogP contribution is 2.35. The number of hydrogen-bond acceptors (Lipinski definition) is 5. The molecule has 0 saturated carbocycles. The number of carbonyl (C=O) groups is 3. The third kappa shape index (κ3) is 7.27. The summed E-state index contributed by atoms with van der Waals surface area (Å²) < 4.78 is 8.73. The number of benzene rings is 2. The van der Waals surface area contributed by atoms with Gasteiger partial charge in [-0.25, -0.2) is 4.98 Å². The summed E-state index contributed by atoms with van der Waals surface area (Å²) in [5.41, 5.74) is 3.79. The monoisotopic (exact) mass is 657 g/mol. The van der Waals surface area contributed by atoms with Crippen molar-refractivity contribution >= 4 is 80.0 Å². The number of halogens is 3. The van der Waals surface area contributed by atoms with Crippen molar-refractivity contribution in [3.05, 3.63) is 92.3 Å². The number of ether oxygens (including phenoxy) is 1. The van der Waals surface area contributed by atoms with Crippen molar-refractivity contribution in [3.8, 4) is 5.75 Å². The fraction of sp³-hybridized carbons (Fsp3) is 0.172. The Kier molecular flexibility index (Phi) is 9.69. The van der Waals surface area contributed by atoms with E-state index < -0.39 is 5.91 Å². The van der Waals surface area contributed by atoms with Crippen LogP contribution in [0, 0.1) is 6.92 Å². The number of amides is 3. The molecule has 2 aromatic carbocycles. The standard InChI is InChI=1S/C29H26BrCl2N5O4/c1-17-28(30)37-14-4-5-24(29(37)34-17)41-16-21-22(31)11-12-23(27(21)32)36(3)26(40)15-33-25(39)13-8-19-6-9-20(10-7-19)35-18(2)38/h4-14H,15-16H2,1-3H3,(H,33,39)(H,35,38). The average Bonchev–Trinajstić information content (AvgIpc) is 3.24. The fourth-order valence-corrected chi connectivity index (χ4v) is 4.87. The van der Waals surface area contributed by atoms with Gasteiger partial charge in [-0.05, 0) is 70.9 Å². The fourth-order valence-electron chi connectivity index (χ4n) is 3.89. The van der Waals surface area contributed by atoms with E-state index >= 15 is 0 Å². The molecule has 0 aliphatic carbocycles. The summed E-state index contributed by atoms with van der Waals surface area (Å²) in [7, 11) is 1.56. The number of nitrogens with one attached hydrogen (secondary N) is 2. The molecule has 0 unspecified atom stereocenters. The van der Waals surface area contributed by atoms with E-state index in [9.17, 15) is 14.4 Å². The second kappa shape index (κ2) is 13.2. The number of imidazole rings is 1. The molecule has 0 saturated heterocycles. The van der Waals surface area contributed by atoms with Gasteiger partial charge in [-0.3, -0.25) is 18.8 Å². The molecule has 2 N–H and O–H groups in total. The quantitative estimate of drug-likeness (QED) is 0.213. The molecule has 212 valence electrons. The molecule has 0 spiro atoms. The van der Waals surface area contributed by atoms with E-state index in [0.29, 0.717) is 33.4 Å². The molecule has 9 nitrogen and oxygen atoms in total. The summed E-state index contributed by atoms with van der Waals surface area (Å²) in [5, 5.41) is 5.89. The lowest BCUT2D eigenvalue weighted by Crippen LogP contribution is -2.37. The van der Waals surface area contributed by atoms with Crippen LogP contribution >= 0.6 is 39.1 Å². The minimum atomic E-state index is -0.441. The summed E-state index contributed by atoms with van der Waals surface area (Å²) in [5.74, 6) is -0.449. The second-order valence-corrected chi connectivity index (χ2v) is 10.5. The van der Waals surface area contributed by atoms with Gasteiger partial charge in [0.2, 0.25) is 17.7 Å². The number of aryl methyl sites for hydroxylation is 1. The largest absolute Gasteiger partial charge is 0.485 e. The molecule has 0 aliphatic heterocycles. The van der Waals surface area contributed by atoms with Crippen LogP contribution in [-0.2, 0) is 21.0 Å². The molecule has 12 heteroatoms. The van der Waals surface area contributed by atoms with Crippen LogP contribution in [0.3, 0.4) is 0 Å². The van der Waals surface area contributed by atoms with Gasteiger partial charge in [-0.15, -0.1) is 0 Å². The second-order valence-electron chi connectivity index (χ2n) is 9.01. The highest BCUT2D eigenvalue weighted by Gasteiger charge is 2.19. The molecule has 2 aromatic heterocycles. The highest BCUT2D eigenvalue weighted by atomic mass is 79.9. The Balaban J connectivity index is 1.38. The predicted molar refractivity (Wildman–Crippen MR) is 165 cm³/mol. The lowest BCUT2D eigenvalue weighted by atomic mass is 10.2. The number of rotatable bonds is 9. The normalized spacial score (nSPS) is 11.1. The van der Waals surface area contributed by atoms with Crippen molar-refractivity contribution in [1.82, 2.24) is 14.7 Å². The van der Waals surface area contributed by atoms with E-state index in [1.54, 1.807) is 55.6 Å². The molecule has 0 aliphatic rings. The number of nitrogens with zero attached hydrogens (tertiary/aromatic N) is 3. The smallest absolute Gasteiger partial charge is 0.246 e.